The number of nitrogen functional groups attached to an aromatic ring is 1. The molecule has 0 fully saturated rings. The van der Waals surface area contributed by atoms with Crippen molar-refractivity contribution in [3.63, 3.8) is 0 Å². The Hall–Kier alpha value is -2.27. The third-order valence-corrected chi connectivity index (χ3v) is 3.01. The van der Waals surface area contributed by atoms with Crippen LogP contribution in [0.4, 0.5) is 11.4 Å². The lowest BCUT2D eigenvalue weighted by Gasteiger charge is -2.10. The predicted octanol–water partition coefficient (Wildman–Crippen LogP) is 2.89. The Morgan fingerprint density at radius 1 is 1.35 bits per heavy atom. The van der Waals surface area contributed by atoms with Crippen molar-refractivity contribution in [2.45, 2.75) is 6.92 Å². The molecule has 0 unspecified atom stereocenters. The van der Waals surface area contributed by atoms with Gasteiger partial charge in [0.15, 0.2) is 0 Å². The molecule has 1 amide bonds. The molecule has 0 saturated heterocycles. The highest BCUT2D eigenvalue weighted by atomic mass is 35.5. The van der Waals surface area contributed by atoms with Crippen molar-refractivity contribution in [2.24, 2.45) is 0 Å². The van der Waals surface area contributed by atoms with Gasteiger partial charge in [0, 0.05) is 11.8 Å². The number of hydrogen-bond donors (Lipinski definition) is 2. The van der Waals surface area contributed by atoms with Crippen LogP contribution in [0.15, 0.2) is 30.3 Å². The highest BCUT2D eigenvalue weighted by Crippen LogP contribution is 2.22. The van der Waals surface area contributed by atoms with Gasteiger partial charge >= 0.3 is 0 Å². The van der Waals surface area contributed by atoms with Gasteiger partial charge in [0.2, 0.25) is 0 Å². The Labute approximate surface area is 121 Å². The van der Waals surface area contributed by atoms with Gasteiger partial charge in [-0.2, -0.15) is 0 Å². The van der Waals surface area contributed by atoms with Crippen LogP contribution in [0, 0.1) is 6.92 Å². The number of aromatic nitrogens is 1. The number of methoxy groups -OCH3 is 1. The van der Waals surface area contributed by atoms with E-state index in [-0.39, 0.29) is 5.91 Å². The Morgan fingerprint density at radius 2 is 2.10 bits per heavy atom. The minimum Gasteiger partial charge on any atom is -0.497 e. The SMILES string of the molecule is COc1ccc(C(=O)Nc2ccc(Cl)nc2C)c(N)c1. The number of aryl methyl sites for hydroxylation is 1. The quantitative estimate of drug-likeness (QED) is 0.673. The van der Waals surface area contributed by atoms with Gasteiger partial charge in [-0.25, -0.2) is 4.98 Å². The zero-order valence-electron chi connectivity index (χ0n) is 11.1. The summed E-state index contributed by atoms with van der Waals surface area (Å²) in [5.74, 6) is 0.292. The smallest absolute Gasteiger partial charge is 0.257 e. The second-order valence-electron chi connectivity index (χ2n) is 4.17. The molecule has 2 aromatic rings. The molecular formula is C14H14ClN3O2. The van der Waals surface area contributed by atoms with Crippen molar-refractivity contribution in [3.8, 4) is 5.75 Å². The molecule has 3 N–H and O–H groups in total. The lowest BCUT2D eigenvalue weighted by molar-refractivity contribution is 0.102. The highest BCUT2D eigenvalue weighted by Gasteiger charge is 2.12. The van der Waals surface area contributed by atoms with E-state index in [0.717, 1.165) is 0 Å². The molecule has 2 rings (SSSR count). The second-order valence-corrected chi connectivity index (χ2v) is 4.56. The molecule has 0 radical (unpaired) electrons. The van der Waals surface area contributed by atoms with Gasteiger partial charge in [-0.15, -0.1) is 0 Å². The van der Waals surface area contributed by atoms with E-state index in [2.05, 4.69) is 10.3 Å². The lowest BCUT2D eigenvalue weighted by Crippen LogP contribution is -2.15. The first kappa shape index (κ1) is 14.1. The van der Waals surface area contributed by atoms with Gasteiger partial charge in [-0.05, 0) is 31.2 Å². The molecule has 0 aliphatic carbocycles. The first-order chi connectivity index (χ1) is 9.51. The molecule has 0 saturated carbocycles. The number of amides is 1. The number of nitrogens with two attached hydrogens (primary N) is 1. The largest absolute Gasteiger partial charge is 0.497 e. The minimum atomic E-state index is -0.308. The Kier molecular flexibility index (Phi) is 4.10. The second kappa shape index (κ2) is 5.79. The van der Waals surface area contributed by atoms with Gasteiger partial charge in [0.05, 0.1) is 24.1 Å². The summed E-state index contributed by atoms with van der Waals surface area (Å²) in [6.07, 6.45) is 0. The number of ether oxygens (including phenoxy) is 1. The van der Waals surface area contributed by atoms with E-state index in [1.807, 2.05) is 0 Å². The average Bonchev–Trinajstić information content (AvgIpc) is 2.41. The summed E-state index contributed by atoms with van der Waals surface area (Å²) < 4.78 is 5.04. The molecule has 0 atom stereocenters. The molecule has 1 aromatic carbocycles. The normalized spacial score (nSPS) is 10.2. The molecule has 0 aliphatic rings. The van der Waals surface area contributed by atoms with Gasteiger partial charge in [0.1, 0.15) is 10.9 Å². The fourth-order valence-corrected chi connectivity index (χ4v) is 1.92. The van der Waals surface area contributed by atoms with Crippen molar-refractivity contribution in [3.05, 3.63) is 46.7 Å². The Bertz CT molecular complexity index is 659. The van der Waals surface area contributed by atoms with E-state index in [9.17, 15) is 4.79 Å². The topological polar surface area (TPSA) is 77.2 Å². The fraction of sp³-hybridized carbons (Fsp3) is 0.143. The van der Waals surface area contributed by atoms with Crippen molar-refractivity contribution in [1.82, 2.24) is 4.98 Å². The number of anilines is 2. The third-order valence-electron chi connectivity index (χ3n) is 2.80. The molecular weight excluding hydrogens is 278 g/mol. The maximum Gasteiger partial charge on any atom is 0.257 e. The van der Waals surface area contributed by atoms with Crippen LogP contribution >= 0.6 is 11.6 Å². The van der Waals surface area contributed by atoms with Crippen LogP contribution in [0.1, 0.15) is 16.1 Å². The summed E-state index contributed by atoms with van der Waals surface area (Å²) in [5, 5.41) is 3.13. The number of halogens is 1. The Balaban J connectivity index is 2.24. The van der Waals surface area contributed by atoms with Gasteiger partial charge in [0.25, 0.3) is 5.91 Å². The van der Waals surface area contributed by atoms with E-state index < -0.39 is 0 Å². The number of hydrogen-bond acceptors (Lipinski definition) is 4. The van der Waals surface area contributed by atoms with E-state index >= 15 is 0 Å². The minimum absolute atomic E-state index is 0.308. The summed E-state index contributed by atoms with van der Waals surface area (Å²) >= 11 is 5.77. The molecule has 0 bridgehead atoms. The number of carbonyl (C=O) groups excluding carboxylic acids is 1. The number of pyridine rings is 1. The summed E-state index contributed by atoms with van der Waals surface area (Å²) in [6, 6.07) is 8.20. The average molecular weight is 292 g/mol. The molecule has 1 aromatic heterocycles. The summed E-state index contributed by atoms with van der Waals surface area (Å²) in [7, 11) is 1.54. The third kappa shape index (κ3) is 3.00. The van der Waals surface area contributed by atoms with E-state index in [4.69, 9.17) is 22.1 Å². The van der Waals surface area contributed by atoms with Crippen LogP contribution in [0.3, 0.4) is 0 Å². The molecule has 1 heterocycles. The van der Waals surface area contributed by atoms with Crippen molar-refractivity contribution in [2.75, 3.05) is 18.2 Å². The highest BCUT2D eigenvalue weighted by molar-refractivity contribution is 6.29. The number of carbonyl (C=O) groups is 1. The zero-order valence-corrected chi connectivity index (χ0v) is 11.9. The fourth-order valence-electron chi connectivity index (χ4n) is 1.73. The number of nitrogens with zero attached hydrogens (tertiary/aromatic N) is 1. The van der Waals surface area contributed by atoms with Crippen molar-refractivity contribution in [1.29, 1.82) is 0 Å². The molecule has 5 nitrogen and oxygen atoms in total. The van der Waals surface area contributed by atoms with E-state index in [1.165, 1.54) is 7.11 Å². The summed E-state index contributed by atoms with van der Waals surface area (Å²) in [5.41, 5.74) is 7.79. The van der Waals surface area contributed by atoms with Crippen LogP contribution in [-0.4, -0.2) is 18.0 Å². The van der Waals surface area contributed by atoms with E-state index in [0.29, 0.717) is 33.5 Å². The van der Waals surface area contributed by atoms with Crippen LogP contribution in [0.2, 0.25) is 5.15 Å². The lowest BCUT2D eigenvalue weighted by atomic mass is 10.1. The predicted molar refractivity (Wildman–Crippen MR) is 79.3 cm³/mol. The van der Waals surface area contributed by atoms with Crippen LogP contribution in [-0.2, 0) is 0 Å². The summed E-state index contributed by atoms with van der Waals surface area (Å²) in [4.78, 5) is 16.2. The van der Waals surface area contributed by atoms with Crippen molar-refractivity contribution >= 4 is 28.9 Å². The number of nitrogens with one attached hydrogen (secondary N) is 1. The molecule has 0 aliphatic heterocycles. The zero-order chi connectivity index (χ0) is 14.7. The first-order valence-electron chi connectivity index (χ1n) is 5.89. The Morgan fingerprint density at radius 3 is 2.70 bits per heavy atom. The standard InChI is InChI=1S/C14H14ClN3O2/c1-8-12(5-6-13(15)17-8)18-14(19)10-4-3-9(20-2)7-11(10)16/h3-7H,16H2,1-2H3,(H,18,19). The first-order valence-corrected chi connectivity index (χ1v) is 6.27. The van der Waals surface area contributed by atoms with Crippen LogP contribution < -0.4 is 15.8 Å². The molecule has 0 spiro atoms. The maximum absolute atomic E-state index is 12.2. The van der Waals surface area contributed by atoms with Crippen LogP contribution in [0.5, 0.6) is 5.75 Å². The molecule has 104 valence electrons. The van der Waals surface area contributed by atoms with Gasteiger partial charge < -0.3 is 15.8 Å². The number of rotatable bonds is 3. The monoisotopic (exact) mass is 291 g/mol. The van der Waals surface area contributed by atoms with E-state index in [1.54, 1.807) is 37.3 Å². The van der Waals surface area contributed by atoms with Crippen molar-refractivity contribution < 1.29 is 9.53 Å². The van der Waals surface area contributed by atoms with Gasteiger partial charge in [-0.3, -0.25) is 4.79 Å². The molecule has 20 heavy (non-hydrogen) atoms. The van der Waals surface area contributed by atoms with Gasteiger partial charge in [-0.1, -0.05) is 11.6 Å². The molecule has 6 heteroatoms. The number of benzene rings is 1. The maximum atomic E-state index is 12.2. The summed E-state index contributed by atoms with van der Waals surface area (Å²) in [6.45, 7) is 1.76. The van der Waals surface area contributed by atoms with Crippen LogP contribution in [0.25, 0.3) is 0 Å².